The van der Waals surface area contributed by atoms with E-state index >= 15 is 0 Å². The molecule has 0 aliphatic heterocycles. The zero-order valence-electron chi connectivity index (χ0n) is 6.71. The molecule has 3 N–H and O–H groups in total. The molecule has 5 heteroatoms. The fraction of sp³-hybridized carbons (Fsp3) is 0.125. The van der Waals surface area contributed by atoms with Gasteiger partial charge in [-0.2, -0.15) is 0 Å². The predicted molar refractivity (Wildman–Crippen MR) is 46.5 cm³/mol. The van der Waals surface area contributed by atoms with Gasteiger partial charge in [0.05, 0.1) is 0 Å². The largest absolute Gasteiger partial charge is 0.507 e. The molecule has 0 saturated carbocycles. The lowest BCUT2D eigenvalue weighted by molar-refractivity contribution is 0.101. The Bertz CT molecular complexity index is 373. The second-order valence-corrected chi connectivity index (χ2v) is 2.89. The normalized spacial score (nSPS) is 10.0. The van der Waals surface area contributed by atoms with Crippen LogP contribution in [0.5, 0.6) is 17.2 Å². The van der Waals surface area contributed by atoms with Crippen LogP contribution in [0, 0.1) is 0 Å². The highest BCUT2D eigenvalue weighted by atomic mass is 35.5. The van der Waals surface area contributed by atoms with Crippen molar-refractivity contribution in [3.8, 4) is 17.2 Å². The lowest BCUT2D eigenvalue weighted by Gasteiger charge is -2.06. The van der Waals surface area contributed by atoms with Crippen LogP contribution in [-0.2, 0) is 0 Å². The topological polar surface area (TPSA) is 77.8 Å². The van der Waals surface area contributed by atoms with Crippen LogP contribution in [0.4, 0.5) is 0 Å². The van der Waals surface area contributed by atoms with Crippen molar-refractivity contribution in [3.05, 3.63) is 16.7 Å². The smallest absolute Gasteiger partial charge is 0.167 e. The van der Waals surface area contributed by atoms with Crippen LogP contribution in [0.25, 0.3) is 0 Å². The summed E-state index contributed by atoms with van der Waals surface area (Å²) in [5.74, 6) is -2.10. The second kappa shape index (κ2) is 3.14. The molecule has 0 atom stereocenters. The van der Waals surface area contributed by atoms with Crippen molar-refractivity contribution in [3.63, 3.8) is 0 Å². The maximum atomic E-state index is 10.9. The molecule has 4 nitrogen and oxygen atoms in total. The van der Waals surface area contributed by atoms with E-state index < -0.39 is 23.0 Å². The highest BCUT2D eigenvalue weighted by Crippen LogP contribution is 2.40. The van der Waals surface area contributed by atoms with Gasteiger partial charge < -0.3 is 15.3 Å². The number of carbonyl (C=O) groups excluding carboxylic acids is 1. The van der Waals surface area contributed by atoms with E-state index in [1.54, 1.807) is 0 Å². The van der Waals surface area contributed by atoms with Gasteiger partial charge in [-0.15, -0.1) is 0 Å². The summed E-state index contributed by atoms with van der Waals surface area (Å²) in [5.41, 5.74) is -0.289. The maximum absolute atomic E-state index is 10.9. The Balaban J connectivity index is 3.53. The number of aromatic hydroxyl groups is 3. The van der Waals surface area contributed by atoms with E-state index in [2.05, 4.69) is 0 Å². The van der Waals surface area contributed by atoms with Gasteiger partial charge in [0.15, 0.2) is 11.5 Å². The first-order valence-electron chi connectivity index (χ1n) is 3.39. The third-order valence-corrected chi connectivity index (χ3v) is 1.92. The van der Waals surface area contributed by atoms with E-state index in [0.29, 0.717) is 0 Å². The molecule has 0 aliphatic rings. The third-order valence-electron chi connectivity index (χ3n) is 1.55. The summed E-state index contributed by atoms with van der Waals surface area (Å²) in [6.45, 7) is 1.17. The molecule has 0 aromatic heterocycles. The molecule has 0 unspecified atom stereocenters. The first-order valence-corrected chi connectivity index (χ1v) is 3.77. The molecule has 0 heterocycles. The van der Waals surface area contributed by atoms with E-state index in [1.807, 2.05) is 0 Å². The molecular formula is C8H7ClO4. The van der Waals surface area contributed by atoms with Crippen molar-refractivity contribution < 1.29 is 20.1 Å². The van der Waals surface area contributed by atoms with E-state index in [4.69, 9.17) is 21.8 Å². The number of phenolic OH excluding ortho intramolecular Hbond substituents is 3. The van der Waals surface area contributed by atoms with Gasteiger partial charge in [-0.25, -0.2) is 0 Å². The first-order chi connectivity index (χ1) is 5.95. The fourth-order valence-electron chi connectivity index (χ4n) is 0.964. The van der Waals surface area contributed by atoms with Crippen LogP contribution in [0.1, 0.15) is 17.3 Å². The summed E-state index contributed by atoms with van der Waals surface area (Å²) in [6.07, 6.45) is 0. The van der Waals surface area contributed by atoms with Gasteiger partial charge in [0.25, 0.3) is 0 Å². The lowest BCUT2D eigenvalue weighted by Crippen LogP contribution is -1.94. The number of halogens is 1. The van der Waals surface area contributed by atoms with Crippen molar-refractivity contribution >= 4 is 17.4 Å². The van der Waals surface area contributed by atoms with Gasteiger partial charge in [0.1, 0.15) is 22.1 Å². The van der Waals surface area contributed by atoms with E-state index in [-0.39, 0.29) is 10.6 Å². The minimum absolute atomic E-state index is 0.289. The Hall–Kier alpha value is -1.42. The van der Waals surface area contributed by atoms with Crippen LogP contribution in [-0.4, -0.2) is 21.1 Å². The minimum atomic E-state index is -0.605. The number of ketones is 1. The van der Waals surface area contributed by atoms with Gasteiger partial charge in [-0.1, -0.05) is 11.6 Å². The van der Waals surface area contributed by atoms with Crippen LogP contribution in [0.3, 0.4) is 0 Å². The Morgan fingerprint density at radius 3 is 2.31 bits per heavy atom. The molecule has 0 amide bonds. The third kappa shape index (κ3) is 1.53. The summed E-state index contributed by atoms with van der Waals surface area (Å²) in [5, 5.41) is 27.1. The fourth-order valence-corrected chi connectivity index (χ4v) is 1.11. The molecule has 1 aromatic rings. The van der Waals surface area contributed by atoms with Gasteiger partial charge in [0.2, 0.25) is 0 Å². The van der Waals surface area contributed by atoms with Crippen molar-refractivity contribution in [1.29, 1.82) is 0 Å². The standard InChI is InChI=1S/C8H7ClO4/c1-3(10)6-4(11)2-5(12)7(9)8(6)13/h2,11-13H,1H3. The van der Waals surface area contributed by atoms with Crippen LogP contribution in [0.2, 0.25) is 5.02 Å². The zero-order valence-corrected chi connectivity index (χ0v) is 7.46. The quantitative estimate of drug-likeness (QED) is 0.606. The number of carbonyl (C=O) groups is 1. The van der Waals surface area contributed by atoms with Gasteiger partial charge >= 0.3 is 0 Å². The maximum Gasteiger partial charge on any atom is 0.167 e. The second-order valence-electron chi connectivity index (χ2n) is 2.51. The lowest BCUT2D eigenvalue weighted by atomic mass is 10.1. The van der Waals surface area contributed by atoms with Crippen molar-refractivity contribution in [2.24, 2.45) is 0 Å². The Morgan fingerprint density at radius 1 is 1.31 bits per heavy atom. The van der Waals surface area contributed by atoms with Gasteiger partial charge in [-0.3, -0.25) is 4.79 Å². The highest BCUT2D eigenvalue weighted by Gasteiger charge is 2.18. The van der Waals surface area contributed by atoms with E-state index in [9.17, 15) is 9.90 Å². The summed E-state index contributed by atoms with van der Waals surface area (Å²) in [6, 6.07) is 0.902. The van der Waals surface area contributed by atoms with Gasteiger partial charge in [-0.05, 0) is 6.92 Å². The predicted octanol–water partition coefficient (Wildman–Crippen LogP) is 1.66. The minimum Gasteiger partial charge on any atom is -0.507 e. The molecule has 0 aliphatic carbocycles. The number of phenols is 3. The molecule has 0 spiro atoms. The Kier molecular flexibility index (Phi) is 2.34. The number of benzene rings is 1. The molecule has 70 valence electrons. The molecule has 0 bridgehead atoms. The van der Waals surface area contributed by atoms with Crippen molar-refractivity contribution in [1.82, 2.24) is 0 Å². The summed E-state index contributed by atoms with van der Waals surface area (Å²) >= 11 is 5.44. The van der Waals surface area contributed by atoms with Crippen molar-refractivity contribution in [2.75, 3.05) is 0 Å². The number of Topliss-reactive ketones (excluding diaryl/α,β-unsaturated/α-hetero) is 1. The van der Waals surface area contributed by atoms with Gasteiger partial charge in [0, 0.05) is 6.07 Å². The average Bonchev–Trinajstić information content (AvgIpc) is 1.99. The summed E-state index contributed by atoms with van der Waals surface area (Å²) in [4.78, 5) is 10.9. The van der Waals surface area contributed by atoms with Crippen LogP contribution < -0.4 is 0 Å². The molecular weight excluding hydrogens is 196 g/mol. The number of rotatable bonds is 1. The first kappa shape index (κ1) is 9.67. The SMILES string of the molecule is CC(=O)c1c(O)cc(O)c(Cl)c1O. The Labute approximate surface area is 79.0 Å². The number of hydrogen-bond donors (Lipinski definition) is 3. The summed E-state index contributed by atoms with van der Waals surface area (Å²) < 4.78 is 0. The number of hydrogen-bond acceptors (Lipinski definition) is 4. The zero-order chi connectivity index (χ0) is 10.2. The highest BCUT2D eigenvalue weighted by molar-refractivity contribution is 6.34. The molecule has 1 aromatic carbocycles. The molecule has 1 rings (SSSR count). The van der Waals surface area contributed by atoms with Crippen LogP contribution >= 0.6 is 11.6 Å². The molecule has 13 heavy (non-hydrogen) atoms. The monoisotopic (exact) mass is 202 g/mol. The molecule has 0 saturated heterocycles. The van der Waals surface area contributed by atoms with Crippen molar-refractivity contribution in [2.45, 2.75) is 6.92 Å². The molecule has 0 fully saturated rings. The molecule has 0 radical (unpaired) electrons. The van der Waals surface area contributed by atoms with E-state index in [0.717, 1.165) is 6.07 Å². The Morgan fingerprint density at radius 2 is 1.85 bits per heavy atom. The van der Waals surface area contributed by atoms with E-state index in [1.165, 1.54) is 6.92 Å². The summed E-state index contributed by atoms with van der Waals surface area (Å²) in [7, 11) is 0. The van der Waals surface area contributed by atoms with Crippen LogP contribution in [0.15, 0.2) is 6.07 Å². The average molecular weight is 203 g/mol.